The van der Waals surface area contributed by atoms with Crippen molar-refractivity contribution in [2.45, 2.75) is 51.8 Å². The number of carbonyl (C=O) groups is 1. The van der Waals surface area contributed by atoms with E-state index in [1.54, 1.807) is 12.1 Å². The summed E-state index contributed by atoms with van der Waals surface area (Å²) in [5.41, 5.74) is 0.418. The molecule has 1 aromatic rings. The molecule has 2 rings (SSSR count). The molecule has 0 bridgehead atoms. The maximum absolute atomic E-state index is 13.2. The van der Waals surface area contributed by atoms with Gasteiger partial charge in [-0.2, -0.15) is 0 Å². The number of carbonyl (C=O) groups excluding carboxylic acids is 1. The lowest BCUT2D eigenvalue weighted by Gasteiger charge is -2.27. The lowest BCUT2D eigenvalue weighted by atomic mass is 10.1. The Morgan fingerprint density at radius 1 is 1.48 bits per heavy atom. The predicted molar refractivity (Wildman–Crippen MR) is 80.7 cm³/mol. The van der Waals surface area contributed by atoms with Crippen molar-refractivity contribution in [2.24, 2.45) is 0 Å². The summed E-state index contributed by atoms with van der Waals surface area (Å²) in [6.07, 6.45) is 1.75. The van der Waals surface area contributed by atoms with Crippen LogP contribution in [0.4, 0.5) is 4.39 Å². The summed E-state index contributed by atoms with van der Waals surface area (Å²) >= 11 is 5.80. The van der Waals surface area contributed by atoms with Crippen LogP contribution in [0.15, 0.2) is 18.2 Å². The number of ether oxygens (including phenoxy) is 1. The second kappa shape index (κ2) is 6.32. The molecule has 1 atom stereocenters. The Kier molecular flexibility index (Phi) is 4.89. The molecule has 0 saturated carbocycles. The van der Waals surface area contributed by atoms with Crippen LogP contribution in [0.25, 0.3) is 0 Å². The van der Waals surface area contributed by atoms with E-state index in [9.17, 15) is 9.18 Å². The van der Waals surface area contributed by atoms with Gasteiger partial charge in [-0.05, 0) is 57.9 Å². The summed E-state index contributed by atoms with van der Waals surface area (Å²) in [4.78, 5) is 14.3. The second-order valence-corrected chi connectivity index (χ2v) is 6.82. The van der Waals surface area contributed by atoms with E-state index >= 15 is 0 Å². The minimum atomic E-state index is -0.482. The number of likely N-dealkylation sites (tertiary alicyclic amines) is 1. The molecule has 21 heavy (non-hydrogen) atoms. The van der Waals surface area contributed by atoms with Gasteiger partial charge in [0.25, 0.3) is 0 Å². The molecule has 1 aromatic carbocycles. The van der Waals surface area contributed by atoms with Crippen molar-refractivity contribution in [2.75, 3.05) is 6.54 Å². The predicted octanol–water partition coefficient (Wildman–Crippen LogP) is 3.79. The Labute approximate surface area is 130 Å². The zero-order valence-electron chi connectivity index (χ0n) is 12.7. The van der Waals surface area contributed by atoms with Crippen LogP contribution in [0.1, 0.15) is 39.2 Å². The Balaban J connectivity index is 2.05. The molecule has 5 heteroatoms. The summed E-state index contributed by atoms with van der Waals surface area (Å²) in [6, 6.07) is 4.44. The SMILES string of the molecule is CC(C)(C)OC(=O)[C@H]1CCCN1Cc1ccc(F)c(Cl)c1. The van der Waals surface area contributed by atoms with Crippen LogP contribution in [0.5, 0.6) is 0 Å². The van der Waals surface area contributed by atoms with E-state index in [1.807, 2.05) is 20.8 Å². The smallest absolute Gasteiger partial charge is 0.323 e. The van der Waals surface area contributed by atoms with E-state index in [0.29, 0.717) is 6.54 Å². The third-order valence-electron chi connectivity index (χ3n) is 3.41. The number of hydrogen-bond donors (Lipinski definition) is 0. The summed E-state index contributed by atoms with van der Waals surface area (Å²) in [5, 5.41) is 0.112. The first-order valence-corrected chi connectivity index (χ1v) is 7.55. The average molecular weight is 314 g/mol. The van der Waals surface area contributed by atoms with E-state index in [4.69, 9.17) is 16.3 Å². The van der Waals surface area contributed by atoms with Gasteiger partial charge in [0.15, 0.2) is 0 Å². The normalized spacial score (nSPS) is 19.8. The molecule has 1 heterocycles. The van der Waals surface area contributed by atoms with Gasteiger partial charge >= 0.3 is 5.97 Å². The van der Waals surface area contributed by atoms with Crippen LogP contribution in [0, 0.1) is 5.82 Å². The average Bonchev–Trinajstić information content (AvgIpc) is 2.80. The van der Waals surface area contributed by atoms with Crippen LogP contribution in [-0.4, -0.2) is 29.1 Å². The fourth-order valence-electron chi connectivity index (χ4n) is 2.52. The van der Waals surface area contributed by atoms with Crippen molar-refractivity contribution >= 4 is 17.6 Å². The molecular weight excluding hydrogens is 293 g/mol. The van der Waals surface area contributed by atoms with Gasteiger partial charge in [-0.1, -0.05) is 17.7 Å². The van der Waals surface area contributed by atoms with Crippen molar-refractivity contribution < 1.29 is 13.9 Å². The van der Waals surface area contributed by atoms with Crippen molar-refractivity contribution in [1.29, 1.82) is 0 Å². The van der Waals surface area contributed by atoms with E-state index < -0.39 is 11.4 Å². The molecular formula is C16H21ClFNO2. The Hall–Kier alpha value is -1.13. The van der Waals surface area contributed by atoms with Gasteiger partial charge in [0.05, 0.1) is 5.02 Å². The first-order chi connectivity index (χ1) is 9.76. The van der Waals surface area contributed by atoms with Crippen LogP contribution in [-0.2, 0) is 16.1 Å². The Bertz CT molecular complexity index is 527. The van der Waals surface area contributed by atoms with Gasteiger partial charge in [0, 0.05) is 6.54 Å². The van der Waals surface area contributed by atoms with E-state index in [0.717, 1.165) is 24.9 Å². The molecule has 3 nitrogen and oxygen atoms in total. The molecule has 0 amide bonds. The molecule has 0 unspecified atom stereocenters. The Morgan fingerprint density at radius 3 is 2.81 bits per heavy atom. The van der Waals surface area contributed by atoms with Crippen molar-refractivity contribution in [3.8, 4) is 0 Å². The first kappa shape index (κ1) is 16.2. The molecule has 1 aliphatic rings. The summed E-state index contributed by atoms with van der Waals surface area (Å²) in [7, 11) is 0. The number of nitrogens with zero attached hydrogens (tertiary/aromatic N) is 1. The van der Waals surface area contributed by atoms with Gasteiger partial charge in [-0.3, -0.25) is 9.69 Å². The van der Waals surface area contributed by atoms with E-state index in [2.05, 4.69) is 4.90 Å². The zero-order chi connectivity index (χ0) is 15.6. The van der Waals surface area contributed by atoms with Crippen molar-refractivity contribution in [3.05, 3.63) is 34.6 Å². The largest absolute Gasteiger partial charge is 0.459 e. The van der Waals surface area contributed by atoms with Gasteiger partial charge < -0.3 is 4.74 Å². The van der Waals surface area contributed by atoms with Crippen LogP contribution < -0.4 is 0 Å². The third-order valence-corrected chi connectivity index (χ3v) is 3.70. The van der Waals surface area contributed by atoms with Crippen molar-refractivity contribution in [3.63, 3.8) is 0 Å². The molecule has 0 aliphatic carbocycles. The molecule has 1 fully saturated rings. The second-order valence-electron chi connectivity index (χ2n) is 6.41. The highest BCUT2D eigenvalue weighted by molar-refractivity contribution is 6.30. The molecule has 116 valence electrons. The quantitative estimate of drug-likeness (QED) is 0.795. The van der Waals surface area contributed by atoms with E-state index in [-0.39, 0.29) is 17.0 Å². The van der Waals surface area contributed by atoms with Gasteiger partial charge in [-0.25, -0.2) is 4.39 Å². The lowest BCUT2D eigenvalue weighted by Crippen LogP contribution is -2.40. The summed E-state index contributed by atoms with van der Waals surface area (Å²) in [5.74, 6) is -0.612. The molecule has 0 spiro atoms. The van der Waals surface area contributed by atoms with Gasteiger partial charge in [0.1, 0.15) is 17.5 Å². The number of benzene rings is 1. The minimum absolute atomic E-state index is 0.112. The maximum atomic E-state index is 13.2. The number of esters is 1. The number of halogens is 2. The van der Waals surface area contributed by atoms with Crippen LogP contribution in [0.3, 0.4) is 0 Å². The number of hydrogen-bond acceptors (Lipinski definition) is 3. The van der Waals surface area contributed by atoms with E-state index in [1.165, 1.54) is 6.07 Å². The highest BCUT2D eigenvalue weighted by Crippen LogP contribution is 2.24. The lowest BCUT2D eigenvalue weighted by molar-refractivity contribution is -0.160. The molecule has 0 N–H and O–H groups in total. The molecule has 0 radical (unpaired) electrons. The fourth-order valence-corrected chi connectivity index (χ4v) is 2.73. The van der Waals surface area contributed by atoms with Crippen LogP contribution >= 0.6 is 11.6 Å². The monoisotopic (exact) mass is 313 g/mol. The van der Waals surface area contributed by atoms with Crippen molar-refractivity contribution in [1.82, 2.24) is 4.90 Å². The maximum Gasteiger partial charge on any atom is 0.323 e. The standard InChI is InChI=1S/C16H21ClFNO2/c1-16(2,3)21-15(20)14-5-4-8-19(14)10-11-6-7-13(18)12(17)9-11/h6-7,9,14H,4-5,8,10H2,1-3H3/t14-/m1/s1. The molecule has 1 saturated heterocycles. The molecule has 0 aromatic heterocycles. The third kappa shape index (κ3) is 4.42. The Morgan fingerprint density at radius 2 is 2.19 bits per heavy atom. The topological polar surface area (TPSA) is 29.5 Å². The van der Waals surface area contributed by atoms with Crippen LogP contribution in [0.2, 0.25) is 5.02 Å². The summed E-state index contributed by atoms with van der Waals surface area (Å²) in [6.45, 7) is 7.00. The minimum Gasteiger partial charge on any atom is -0.459 e. The van der Waals surface area contributed by atoms with Gasteiger partial charge in [0.2, 0.25) is 0 Å². The first-order valence-electron chi connectivity index (χ1n) is 7.17. The number of rotatable bonds is 3. The highest BCUT2D eigenvalue weighted by Gasteiger charge is 2.33. The molecule has 1 aliphatic heterocycles. The fraction of sp³-hybridized carbons (Fsp3) is 0.562. The zero-order valence-corrected chi connectivity index (χ0v) is 13.4. The van der Waals surface area contributed by atoms with Gasteiger partial charge in [-0.15, -0.1) is 0 Å². The highest BCUT2D eigenvalue weighted by atomic mass is 35.5. The summed E-state index contributed by atoms with van der Waals surface area (Å²) < 4.78 is 18.6.